The molecule has 0 radical (unpaired) electrons. The number of likely N-dealkylation sites (N-methyl/N-ethyl adjacent to an activating group) is 1. The predicted molar refractivity (Wildman–Crippen MR) is 139 cm³/mol. The van der Waals surface area contributed by atoms with Crippen molar-refractivity contribution in [3.05, 3.63) is 17.7 Å². The van der Waals surface area contributed by atoms with Crippen LogP contribution in [0.5, 0.6) is 5.75 Å². The van der Waals surface area contributed by atoms with Crippen molar-refractivity contribution in [2.24, 2.45) is 0 Å². The third kappa shape index (κ3) is 5.24. The Hall–Kier alpha value is -2.16. The van der Waals surface area contributed by atoms with E-state index in [1.165, 1.54) is 18.4 Å². The zero-order chi connectivity index (χ0) is 23.5. The van der Waals surface area contributed by atoms with Crippen LogP contribution in [0.15, 0.2) is 12.1 Å². The number of nitrogens with zero attached hydrogens (tertiary/aromatic N) is 5. The number of ether oxygens (including phenoxy) is 1. The third-order valence-corrected chi connectivity index (χ3v) is 7.83. The minimum absolute atomic E-state index is 0.436. The Morgan fingerprint density at radius 2 is 1.76 bits per heavy atom. The first kappa shape index (κ1) is 23.6. The van der Waals surface area contributed by atoms with E-state index in [1.807, 2.05) is 0 Å². The molecule has 8 heteroatoms. The Labute approximate surface area is 204 Å². The summed E-state index contributed by atoms with van der Waals surface area (Å²) in [5.74, 6) is 3.24. The van der Waals surface area contributed by atoms with Crippen LogP contribution in [-0.4, -0.2) is 99.4 Å². The second-order valence-electron chi connectivity index (χ2n) is 10.4. The number of aromatic nitrogens is 2. The summed E-state index contributed by atoms with van der Waals surface area (Å²) in [6.45, 7) is 8.47. The van der Waals surface area contributed by atoms with Gasteiger partial charge in [0.2, 0.25) is 5.95 Å². The molecule has 3 fully saturated rings. The van der Waals surface area contributed by atoms with Crippen LogP contribution >= 0.6 is 0 Å². The van der Waals surface area contributed by atoms with Crippen molar-refractivity contribution in [2.45, 2.75) is 44.1 Å². The van der Waals surface area contributed by atoms with Crippen molar-refractivity contribution < 1.29 is 4.74 Å². The molecule has 1 aromatic heterocycles. The van der Waals surface area contributed by atoms with E-state index >= 15 is 0 Å². The van der Waals surface area contributed by atoms with Gasteiger partial charge in [-0.2, -0.15) is 4.98 Å². The molecule has 0 spiro atoms. The Morgan fingerprint density at radius 1 is 0.941 bits per heavy atom. The Morgan fingerprint density at radius 3 is 2.53 bits per heavy atom. The fraction of sp³-hybridized carbons (Fsp3) is 0.692. The standard InChI is InChI=1S/C26H41N7O/c1-31-10-5-11-33(15-14-31)26-29-23-16-21(19-6-4-9-27-18-19)24(34-3)17-22(23)25(30-26)28-20-7-12-32(2)13-8-20/h16-17,19-20,27H,4-15,18H2,1-3H3,(H,28,29,30). The van der Waals surface area contributed by atoms with Gasteiger partial charge in [0.05, 0.1) is 12.6 Å². The van der Waals surface area contributed by atoms with Crippen molar-refractivity contribution in [3.8, 4) is 5.75 Å². The van der Waals surface area contributed by atoms with Gasteiger partial charge in [0.15, 0.2) is 0 Å². The number of likely N-dealkylation sites (tertiary alicyclic amines) is 1. The second kappa shape index (κ2) is 10.6. The van der Waals surface area contributed by atoms with E-state index in [-0.39, 0.29) is 0 Å². The molecule has 3 saturated heterocycles. The molecule has 0 saturated carbocycles. The summed E-state index contributed by atoms with van der Waals surface area (Å²) in [7, 11) is 6.19. The number of piperidine rings is 2. The summed E-state index contributed by atoms with van der Waals surface area (Å²) < 4.78 is 5.91. The van der Waals surface area contributed by atoms with Crippen molar-refractivity contribution in [1.29, 1.82) is 0 Å². The highest BCUT2D eigenvalue weighted by Gasteiger charge is 2.24. The highest BCUT2D eigenvalue weighted by molar-refractivity contribution is 5.92. The molecule has 8 nitrogen and oxygen atoms in total. The summed E-state index contributed by atoms with van der Waals surface area (Å²) in [6.07, 6.45) is 5.79. The van der Waals surface area contributed by atoms with E-state index in [0.717, 1.165) is 100 Å². The van der Waals surface area contributed by atoms with Crippen LogP contribution in [0.2, 0.25) is 0 Å². The van der Waals surface area contributed by atoms with Crippen LogP contribution in [0.1, 0.15) is 43.6 Å². The molecule has 0 amide bonds. The number of hydrogen-bond donors (Lipinski definition) is 2. The fourth-order valence-corrected chi connectivity index (χ4v) is 5.62. The van der Waals surface area contributed by atoms with Crippen molar-refractivity contribution in [2.75, 3.05) is 83.8 Å². The highest BCUT2D eigenvalue weighted by atomic mass is 16.5. The van der Waals surface area contributed by atoms with Gasteiger partial charge in [0.25, 0.3) is 0 Å². The van der Waals surface area contributed by atoms with Gasteiger partial charge in [0.1, 0.15) is 11.6 Å². The lowest BCUT2D eigenvalue weighted by atomic mass is 9.90. The number of rotatable bonds is 5. The number of nitrogens with one attached hydrogen (secondary N) is 2. The monoisotopic (exact) mass is 467 g/mol. The van der Waals surface area contributed by atoms with Gasteiger partial charge in [-0.25, -0.2) is 4.98 Å². The smallest absolute Gasteiger partial charge is 0.227 e. The first-order chi connectivity index (χ1) is 16.6. The minimum atomic E-state index is 0.436. The maximum atomic E-state index is 5.91. The van der Waals surface area contributed by atoms with Crippen molar-refractivity contribution >= 4 is 22.7 Å². The van der Waals surface area contributed by atoms with Gasteiger partial charge in [-0.1, -0.05) is 0 Å². The summed E-state index contributed by atoms with van der Waals surface area (Å²) >= 11 is 0. The van der Waals surface area contributed by atoms with Gasteiger partial charge in [-0.15, -0.1) is 0 Å². The largest absolute Gasteiger partial charge is 0.496 e. The summed E-state index contributed by atoms with van der Waals surface area (Å²) in [6, 6.07) is 4.89. The number of benzene rings is 1. The molecule has 1 aromatic carbocycles. The van der Waals surface area contributed by atoms with Crippen LogP contribution in [0.3, 0.4) is 0 Å². The molecule has 3 aliphatic rings. The molecule has 186 valence electrons. The highest BCUT2D eigenvalue weighted by Crippen LogP contribution is 2.37. The van der Waals surface area contributed by atoms with Crippen molar-refractivity contribution in [1.82, 2.24) is 25.1 Å². The van der Waals surface area contributed by atoms with Crippen molar-refractivity contribution in [3.63, 3.8) is 0 Å². The first-order valence-corrected chi connectivity index (χ1v) is 13.1. The van der Waals surface area contributed by atoms with Crippen LogP contribution in [0.4, 0.5) is 11.8 Å². The lowest BCUT2D eigenvalue weighted by Crippen LogP contribution is -2.37. The van der Waals surface area contributed by atoms with Crippen LogP contribution in [0.25, 0.3) is 10.9 Å². The summed E-state index contributed by atoms with van der Waals surface area (Å²) in [5.41, 5.74) is 2.30. The van der Waals surface area contributed by atoms with E-state index in [2.05, 4.69) is 51.6 Å². The summed E-state index contributed by atoms with van der Waals surface area (Å²) in [4.78, 5) is 17.4. The Balaban J connectivity index is 1.54. The van der Waals surface area contributed by atoms with Gasteiger partial charge >= 0.3 is 0 Å². The van der Waals surface area contributed by atoms with E-state index in [1.54, 1.807) is 7.11 Å². The molecule has 0 bridgehead atoms. The molecule has 0 aliphatic carbocycles. The zero-order valence-corrected chi connectivity index (χ0v) is 21.1. The molecule has 5 rings (SSSR count). The normalized spacial score (nSPS) is 23.7. The Bertz CT molecular complexity index is 969. The molecule has 2 aromatic rings. The maximum absolute atomic E-state index is 5.91. The molecule has 34 heavy (non-hydrogen) atoms. The lowest BCUT2D eigenvalue weighted by molar-refractivity contribution is 0.264. The molecule has 1 atom stereocenters. The lowest BCUT2D eigenvalue weighted by Gasteiger charge is -2.31. The SMILES string of the molecule is COc1cc2c(NC3CCN(C)CC3)nc(N3CCCN(C)CC3)nc2cc1C1CCCNC1. The van der Waals surface area contributed by atoms with Crippen LogP contribution < -0.4 is 20.3 Å². The fourth-order valence-electron chi connectivity index (χ4n) is 5.62. The van der Waals surface area contributed by atoms with Crippen LogP contribution in [0, 0.1) is 0 Å². The van der Waals surface area contributed by atoms with E-state index in [9.17, 15) is 0 Å². The quantitative estimate of drug-likeness (QED) is 0.696. The molecule has 2 N–H and O–H groups in total. The molecule has 3 aliphatic heterocycles. The van der Waals surface area contributed by atoms with E-state index < -0.39 is 0 Å². The average Bonchev–Trinajstić information content (AvgIpc) is 3.09. The molecular weight excluding hydrogens is 426 g/mol. The molecule has 1 unspecified atom stereocenters. The predicted octanol–water partition coefficient (Wildman–Crippen LogP) is 2.75. The third-order valence-electron chi connectivity index (χ3n) is 7.83. The van der Waals surface area contributed by atoms with Gasteiger partial charge in [0, 0.05) is 49.1 Å². The topological polar surface area (TPSA) is 68.8 Å². The zero-order valence-electron chi connectivity index (χ0n) is 21.1. The number of methoxy groups -OCH3 is 1. The minimum Gasteiger partial charge on any atom is -0.496 e. The number of hydrogen-bond acceptors (Lipinski definition) is 8. The average molecular weight is 468 g/mol. The number of anilines is 2. The maximum Gasteiger partial charge on any atom is 0.227 e. The molecular formula is C26H41N7O. The van der Waals surface area contributed by atoms with Gasteiger partial charge < -0.3 is 30.1 Å². The van der Waals surface area contributed by atoms with Gasteiger partial charge in [-0.3, -0.25) is 0 Å². The van der Waals surface area contributed by atoms with Gasteiger partial charge in [-0.05, 0) is 84.5 Å². The Kier molecular flexibility index (Phi) is 7.37. The molecule has 4 heterocycles. The van der Waals surface area contributed by atoms with Crippen LogP contribution in [-0.2, 0) is 0 Å². The number of fused-ring (bicyclic) bond motifs is 1. The summed E-state index contributed by atoms with van der Waals surface area (Å²) in [5, 5.41) is 8.44. The second-order valence-corrected chi connectivity index (χ2v) is 10.4. The first-order valence-electron chi connectivity index (χ1n) is 13.1. The van der Waals surface area contributed by atoms with E-state index in [0.29, 0.717) is 12.0 Å². The van der Waals surface area contributed by atoms with E-state index in [4.69, 9.17) is 14.7 Å².